The molecule has 1 heterocycles. The molecule has 0 aliphatic carbocycles. The summed E-state index contributed by atoms with van der Waals surface area (Å²) in [6, 6.07) is 12.8. The maximum absolute atomic E-state index is 4.41. The van der Waals surface area contributed by atoms with Gasteiger partial charge in [-0.15, -0.1) is 6.58 Å². The summed E-state index contributed by atoms with van der Waals surface area (Å²) in [5.41, 5.74) is 1.27. The van der Waals surface area contributed by atoms with E-state index in [9.17, 15) is 0 Å². The van der Waals surface area contributed by atoms with Gasteiger partial charge in [-0.1, -0.05) is 36.4 Å². The van der Waals surface area contributed by atoms with Gasteiger partial charge in [-0.05, 0) is 19.4 Å². The van der Waals surface area contributed by atoms with Gasteiger partial charge in [-0.3, -0.25) is 0 Å². The zero-order valence-electron chi connectivity index (χ0n) is 12.7. The zero-order valence-corrected chi connectivity index (χ0v) is 12.7. The molecule has 0 saturated heterocycles. The summed E-state index contributed by atoms with van der Waals surface area (Å²) in [6.45, 7) is 9.56. The van der Waals surface area contributed by atoms with E-state index in [1.807, 2.05) is 18.2 Å². The van der Waals surface area contributed by atoms with Crippen LogP contribution in [-0.2, 0) is 6.54 Å². The summed E-state index contributed by atoms with van der Waals surface area (Å²) in [4.78, 5) is 10.9. The molecule has 0 atom stereocenters. The summed E-state index contributed by atoms with van der Waals surface area (Å²) >= 11 is 0. The molecule has 0 bridgehead atoms. The van der Waals surface area contributed by atoms with Crippen molar-refractivity contribution in [3.63, 3.8) is 0 Å². The molecule has 1 N–H and O–H groups in total. The van der Waals surface area contributed by atoms with Crippen LogP contribution in [0, 0.1) is 0 Å². The lowest BCUT2D eigenvalue weighted by Crippen LogP contribution is -2.31. The smallest absolute Gasteiger partial charge is 0.134 e. The summed E-state index contributed by atoms with van der Waals surface area (Å²) < 4.78 is 0. The fourth-order valence-electron chi connectivity index (χ4n) is 2.09. The van der Waals surface area contributed by atoms with Crippen LogP contribution in [0.15, 0.2) is 55.4 Å². The van der Waals surface area contributed by atoms with Gasteiger partial charge in [0.2, 0.25) is 0 Å². The van der Waals surface area contributed by atoms with Gasteiger partial charge < -0.3 is 10.2 Å². The Bertz CT molecular complexity index is 566. The van der Waals surface area contributed by atoms with Gasteiger partial charge >= 0.3 is 0 Å². The van der Waals surface area contributed by atoms with Gasteiger partial charge in [-0.2, -0.15) is 0 Å². The second kappa shape index (κ2) is 7.43. The summed E-state index contributed by atoms with van der Waals surface area (Å²) in [6.07, 6.45) is 3.41. The molecular weight excluding hydrogens is 260 g/mol. The molecule has 2 aromatic rings. The third kappa shape index (κ3) is 4.31. The monoisotopic (exact) mass is 282 g/mol. The van der Waals surface area contributed by atoms with Crippen molar-refractivity contribution in [2.45, 2.75) is 26.4 Å². The average Bonchev–Trinajstić information content (AvgIpc) is 2.51. The van der Waals surface area contributed by atoms with E-state index in [1.54, 1.807) is 6.33 Å². The number of hydrogen-bond donors (Lipinski definition) is 1. The van der Waals surface area contributed by atoms with Crippen LogP contribution in [0.4, 0.5) is 11.6 Å². The first-order valence-corrected chi connectivity index (χ1v) is 7.18. The van der Waals surface area contributed by atoms with E-state index in [4.69, 9.17) is 0 Å². The molecule has 1 aromatic carbocycles. The lowest BCUT2D eigenvalue weighted by Gasteiger charge is -2.28. The summed E-state index contributed by atoms with van der Waals surface area (Å²) in [5, 5.41) is 3.20. The van der Waals surface area contributed by atoms with Crippen LogP contribution in [0.5, 0.6) is 0 Å². The lowest BCUT2D eigenvalue weighted by molar-refractivity contribution is 0.671. The molecule has 1 aromatic heterocycles. The predicted molar refractivity (Wildman–Crippen MR) is 88.5 cm³/mol. The molecule has 0 spiro atoms. The maximum Gasteiger partial charge on any atom is 0.134 e. The van der Waals surface area contributed by atoms with E-state index in [-0.39, 0.29) is 0 Å². The molecule has 21 heavy (non-hydrogen) atoms. The third-order valence-electron chi connectivity index (χ3n) is 3.19. The second-order valence-electron chi connectivity index (χ2n) is 5.14. The highest BCUT2D eigenvalue weighted by atomic mass is 15.2. The number of aromatic nitrogens is 2. The first kappa shape index (κ1) is 15.0. The predicted octanol–water partition coefficient (Wildman–Crippen LogP) is 3.49. The zero-order chi connectivity index (χ0) is 15.1. The van der Waals surface area contributed by atoms with Gasteiger partial charge in [0.15, 0.2) is 0 Å². The van der Waals surface area contributed by atoms with E-state index in [0.29, 0.717) is 12.6 Å². The summed E-state index contributed by atoms with van der Waals surface area (Å²) in [7, 11) is 0. The Hall–Kier alpha value is -2.36. The first-order valence-electron chi connectivity index (χ1n) is 7.18. The van der Waals surface area contributed by atoms with Crippen molar-refractivity contribution in [2.24, 2.45) is 0 Å². The van der Waals surface area contributed by atoms with Crippen molar-refractivity contribution in [3.05, 3.63) is 60.9 Å². The Balaban J connectivity index is 2.19. The van der Waals surface area contributed by atoms with Crippen molar-refractivity contribution < 1.29 is 0 Å². The molecule has 110 valence electrons. The Labute approximate surface area is 126 Å². The molecule has 0 radical (unpaired) electrons. The summed E-state index contributed by atoms with van der Waals surface area (Å²) in [5.74, 6) is 1.74. The number of nitrogens with zero attached hydrogens (tertiary/aromatic N) is 3. The standard InChI is InChI=1S/C17H22N4/c1-4-10-18-16-11-17(20-13-19-16)21(14(2)3)12-15-8-6-5-7-9-15/h4-9,11,13-14H,1,10,12H2,2-3H3,(H,18,19,20). The van der Waals surface area contributed by atoms with Crippen molar-refractivity contribution in [3.8, 4) is 0 Å². The first-order chi connectivity index (χ1) is 10.2. The molecule has 0 saturated carbocycles. The van der Waals surface area contributed by atoms with Crippen LogP contribution in [-0.4, -0.2) is 22.6 Å². The van der Waals surface area contributed by atoms with E-state index in [2.05, 4.69) is 64.9 Å². The highest BCUT2D eigenvalue weighted by Crippen LogP contribution is 2.19. The van der Waals surface area contributed by atoms with Crippen molar-refractivity contribution in [1.29, 1.82) is 0 Å². The largest absolute Gasteiger partial charge is 0.366 e. The number of nitrogens with one attached hydrogen (secondary N) is 1. The quantitative estimate of drug-likeness (QED) is 0.789. The van der Waals surface area contributed by atoms with Crippen LogP contribution in [0.1, 0.15) is 19.4 Å². The average molecular weight is 282 g/mol. The lowest BCUT2D eigenvalue weighted by atomic mass is 10.2. The maximum atomic E-state index is 4.41. The molecule has 0 aliphatic heterocycles. The normalized spacial score (nSPS) is 10.4. The van der Waals surface area contributed by atoms with Gasteiger partial charge in [-0.25, -0.2) is 9.97 Å². The van der Waals surface area contributed by atoms with Crippen LogP contribution in [0.3, 0.4) is 0 Å². The Morgan fingerprint density at radius 1 is 1.24 bits per heavy atom. The van der Waals surface area contributed by atoms with E-state index >= 15 is 0 Å². The minimum Gasteiger partial charge on any atom is -0.366 e. The highest BCUT2D eigenvalue weighted by molar-refractivity contribution is 5.49. The van der Waals surface area contributed by atoms with Crippen LogP contribution in [0.2, 0.25) is 0 Å². The van der Waals surface area contributed by atoms with Gasteiger partial charge in [0, 0.05) is 25.2 Å². The Kier molecular flexibility index (Phi) is 5.32. The van der Waals surface area contributed by atoms with Crippen molar-refractivity contribution in [1.82, 2.24) is 9.97 Å². The molecule has 4 heteroatoms. The number of benzene rings is 1. The molecular formula is C17H22N4. The Morgan fingerprint density at radius 2 is 2.00 bits per heavy atom. The molecule has 0 fully saturated rings. The van der Waals surface area contributed by atoms with Gasteiger partial charge in [0.25, 0.3) is 0 Å². The van der Waals surface area contributed by atoms with E-state index in [0.717, 1.165) is 18.2 Å². The fourth-order valence-corrected chi connectivity index (χ4v) is 2.09. The Morgan fingerprint density at radius 3 is 2.67 bits per heavy atom. The number of hydrogen-bond acceptors (Lipinski definition) is 4. The van der Waals surface area contributed by atoms with Gasteiger partial charge in [0.05, 0.1) is 0 Å². The van der Waals surface area contributed by atoms with Crippen molar-refractivity contribution >= 4 is 11.6 Å². The van der Waals surface area contributed by atoms with Crippen molar-refractivity contribution in [2.75, 3.05) is 16.8 Å². The topological polar surface area (TPSA) is 41.0 Å². The highest BCUT2D eigenvalue weighted by Gasteiger charge is 2.13. The minimum atomic E-state index is 0.354. The second-order valence-corrected chi connectivity index (χ2v) is 5.14. The minimum absolute atomic E-state index is 0.354. The van der Waals surface area contributed by atoms with E-state index in [1.165, 1.54) is 5.56 Å². The third-order valence-corrected chi connectivity index (χ3v) is 3.19. The van der Waals surface area contributed by atoms with Crippen LogP contribution >= 0.6 is 0 Å². The fraction of sp³-hybridized carbons (Fsp3) is 0.294. The molecule has 0 aliphatic rings. The van der Waals surface area contributed by atoms with E-state index < -0.39 is 0 Å². The molecule has 4 nitrogen and oxygen atoms in total. The molecule has 0 unspecified atom stereocenters. The van der Waals surface area contributed by atoms with Crippen LogP contribution in [0.25, 0.3) is 0 Å². The van der Waals surface area contributed by atoms with Crippen LogP contribution < -0.4 is 10.2 Å². The SMILES string of the molecule is C=CCNc1cc(N(Cc2ccccc2)C(C)C)ncn1. The number of rotatable bonds is 7. The molecule has 2 rings (SSSR count). The molecule has 0 amide bonds. The van der Waals surface area contributed by atoms with Gasteiger partial charge in [0.1, 0.15) is 18.0 Å². The number of anilines is 2.